The van der Waals surface area contributed by atoms with E-state index in [9.17, 15) is 18.0 Å². The molecule has 11 heteroatoms. The van der Waals surface area contributed by atoms with Crippen molar-refractivity contribution in [3.05, 3.63) is 93.4 Å². The number of anilines is 1. The minimum atomic E-state index is -4.14. The van der Waals surface area contributed by atoms with Gasteiger partial charge in [-0.1, -0.05) is 59.1 Å². The smallest absolute Gasteiger partial charge is 0.264 e. The van der Waals surface area contributed by atoms with Gasteiger partial charge in [0, 0.05) is 28.7 Å². The summed E-state index contributed by atoms with van der Waals surface area (Å²) in [5.74, 6) is -1.02. The average Bonchev–Trinajstić information content (AvgIpc) is 2.87. The van der Waals surface area contributed by atoms with Crippen LogP contribution in [0, 0.1) is 0 Å². The number of carbonyl (C=O) groups excluding carboxylic acids is 2. The van der Waals surface area contributed by atoms with Gasteiger partial charge in [-0.05, 0) is 61.0 Å². The van der Waals surface area contributed by atoms with E-state index in [0.717, 1.165) is 4.31 Å². The molecule has 0 aliphatic heterocycles. The Morgan fingerprint density at radius 1 is 0.917 bits per heavy atom. The average molecular weight is 569 g/mol. The highest BCUT2D eigenvalue weighted by Gasteiger charge is 2.32. The number of rotatable bonds is 9. The molecular weight excluding hydrogens is 545 g/mol. The maximum absolute atomic E-state index is 13.7. The van der Waals surface area contributed by atoms with Crippen molar-refractivity contribution in [2.75, 3.05) is 17.9 Å². The molecule has 0 radical (unpaired) electrons. The van der Waals surface area contributed by atoms with Gasteiger partial charge in [0.15, 0.2) is 0 Å². The van der Waals surface area contributed by atoms with Crippen LogP contribution in [0.5, 0.6) is 0 Å². The Kier molecular flexibility index (Phi) is 9.24. The van der Waals surface area contributed by atoms with Crippen LogP contribution in [0.2, 0.25) is 15.1 Å². The molecule has 0 aliphatic carbocycles. The highest BCUT2D eigenvalue weighted by molar-refractivity contribution is 7.92. The number of sulfonamides is 1. The van der Waals surface area contributed by atoms with Gasteiger partial charge in [0.05, 0.1) is 10.6 Å². The summed E-state index contributed by atoms with van der Waals surface area (Å²) in [6.07, 6.45) is 0. The Labute approximate surface area is 225 Å². The van der Waals surface area contributed by atoms with Gasteiger partial charge >= 0.3 is 0 Å². The topological polar surface area (TPSA) is 86.8 Å². The van der Waals surface area contributed by atoms with Crippen LogP contribution in [-0.2, 0) is 26.2 Å². The first kappa shape index (κ1) is 27.8. The van der Waals surface area contributed by atoms with Gasteiger partial charge < -0.3 is 10.2 Å². The van der Waals surface area contributed by atoms with Crippen LogP contribution in [0.3, 0.4) is 0 Å². The van der Waals surface area contributed by atoms with Crippen LogP contribution in [-0.4, -0.2) is 44.8 Å². The molecule has 36 heavy (non-hydrogen) atoms. The summed E-state index contributed by atoms with van der Waals surface area (Å²) >= 11 is 18.3. The molecular formula is C25H24Cl3N3O4S. The van der Waals surface area contributed by atoms with Crippen molar-refractivity contribution in [2.45, 2.75) is 24.4 Å². The van der Waals surface area contributed by atoms with E-state index < -0.39 is 34.4 Å². The first-order valence-electron chi connectivity index (χ1n) is 10.8. The quantitative estimate of drug-likeness (QED) is 0.393. The van der Waals surface area contributed by atoms with Gasteiger partial charge in [0.2, 0.25) is 11.8 Å². The first-order valence-corrected chi connectivity index (χ1v) is 13.4. The molecule has 1 N–H and O–H groups in total. The first-order chi connectivity index (χ1) is 17.0. The minimum Gasteiger partial charge on any atom is -0.357 e. The van der Waals surface area contributed by atoms with Crippen molar-refractivity contribution in [1.82, 2.24) is 10.2 Å². The van der Waals surface area contributed by atoms with Crippen molar-refractivity contribution >= 4 is 62.3 Å². The van der Waals surface area contributed by atoms with E-state index in [1.807, 2.05) is 0 Å². The number of hydrogen-bond donors (Lipinski definition) is 1. The number of benzene rings is 3. The van der Waals surface area contributed by atoms with E-state index in [-0.39, 0.29) is 17.1 Å². The van der Waals surface area contributed by atoms with Crippen molar-refractivity contribution in [3.8, 4) is 0 Å². The van der Waals surface area contributed by atoms with E-state index in [1.54, 1.807) is 37.3 Å². The van der Waals surface area contributed by atoms with E-state index in [1.165, 1.54) is 54.4 Å². The van der Waals surface area contributed by atoms with Gasteiger partial charge in [-0.15, -0.1) is 0 Å². The fraction of sp³-hybridized carbons (Fsp3) is 0.200. The molecule has 1 atom stereocenters. The van der Waals surface area contributed by atoms with Gasteiger partial charge in [-0.25, -0.2) is 8.42 Å². The summed E-state index contributed by atoms with van der Waals surface area (Å²) in [5, 5.41) is 3.67. The molecule has 7 nitrogen and oxygen atoms in total. The molecule has 3 rings (SSSR count). The summed E-state index contributed by atoms with van der Waals surface area (Å²) in [4.78, 5) is 27.4. The van der Waals surface area contributed by atoms with Crippen molar-refractivity contribution in [2.24, 2.45) is 0 Å². The van der Waals surface area contributed by atoms with Gasteiger partial charge in [-0.3, -0.25) is 13.9 Å². The lowest BCUT2D eigenvalue weighted by molar-refractivity contribution is -0.139. The zero-order valence-corrected chi connectivity index (χ0v) is 22.6. The molecule has 0 aliphatic rings. The minimum absolute atomic E-state index is 0.0133. The zero-order valence-electron chi connectivity index (χ0n) is 19.5. The van der Waals surface area contributed by atoms with Crippen LogP contribution < -0.4 is 9.62 Å². The SMILES string of the molecule is CNC(=O)C(C)N(Cc1ccc(Cl)cc1Cl)C(=O)CN(c1ccc(Cl)cc1)S(=O)(=O)c1ccccc1. The molecule has 0 saturated heterocycles. The van der Waals surface area contributed by atoms with Gasteiger partial charge in [0.1, 0.15) is 12.6 Å². The number of nitrogens with one attached hydrogen (secondary N) is 1. The molecule has 0 fully saturated rings. The van der Waals surface area contributed by atoms with Crippen LogP contribution in [0.1, 0.15) is 12.5 Å². The molecule has 0 spiro atoms. The fourth-order valence-corrected chi connectivity index (χ4v) is 5.51. The highest BCUT2D eigenvalue weighted by atomic mass is 35.5. The van der Waals surface area contributed by atoms with Crippen LogP contribution in [0.25, 0.3) is 0 Å². The Bertz CT molecular complexity index is 1340. The molecule has 3 aromatic carbocycles. The van der Waals surface area contributed by atoms with Crippen LogP contribution in [0.4, 0.5) is 5.69 Å². The number of nitrogens with zero attached hydrogens (tertiary/aromatic N) is 2. The number of hydrogen-bond acceptors (Lipinski definition) is 4. The zero-order chi connectivity index (χ0) is 26.5. The predicted molar refractivity (Wildman–Crippen MR) is 143 cm³/mol. The van der Waals surface area contributed by atoms with Crippen molar-refractivity contribution in [3.63, 3.8) is 0 Å². The lowest BCUT2D eigenvalue weighted by Gasteiger charge is -2.32. The Hall–Kier alpha value is -2.78. The van der Waals surface area contributed by atoms with E-state index >= 15 is 0 Å². The molecule has 1 unspecified atom stereocenters. The second-order valence-electron chi connectivity index (χ2n) is 7.85. The summed E-state index contributed by atoms with van der Waals surface area (Å²) in [5.41, 5.74) is 0.794. The van der Waals surface area contributed by atoms with E-state index in [0.29, 0.717) is 20.6 Å². The molecule has 0 bridgehead atoms. The molecule has 3 aromatic rings. The molecule has 0 heterocycles. The maximum Gasteiger partial charge on any atom is 0.264 e. The van der Waals surface area contributed by atoms with Crippen molar-refractivity contribution < 1.29 is 18.0 Å². The van der Waals surface area contributed by atoms with Crippen LogP contribution >= 0.6 is 34.8 Å². The van der Waals surface area contributed by atoms with Gasteiger partial charge in [0.25, 0.3) is 10.0 Å². The second-order valence-corrected chi connectivity index (χ2v) is 11.0. The Morgan fingerprint density at radius 2 is 1.53 bits per heavy atom. The summed E-state index contributed by atoms with van der Waals surface area (Å²) in [6.45, 7) is 0.952. The number of likely N-dealkylation sites (N-methyl/N-ethyl adjacent to an activating group) is 1. The molecule has 0 aromatic heterocycles. The normalized spacial score (nSPS) is 12.0. The van der Waals surface area contributed by atoms with Crippen molar-refractivity contribution in [1.29, 1.82) is 0 Å². The lowest BCUT2D eigenvalue weighted by atomic mass is 10.1. The number of amides is 2. The molecule has 190 valence electrons. The second kappa shape index (κ2) is 12.0. The fourth-order valence-electron chi connectivity index (χ4n) is 3.48. The third kappa shape index (κ3) is 6.50. The maximum atomic E-state index is 13.7. The monoisotopic (exact) mass is 567 g/mol. The lowest BCUT2D eigenvalue weighted by Crippen LogP contribution is -2.50. The highest BCUT2D eigenvalue weighted by Crippen LogP contribution is 2.27. The largest absolute Gasteiger partial charge is 0.357 e. The summed E-state index contributed by atoms with van der Waals surface area (Å²) in [6, 6.07) is 17.8. The predicted octanol–water partition coefficient (Wildman–Crippen LogP) is 5.01. The van der Waals surface area contributed by atoms with E-state index in [2.05, 4.69) is 5.32 Å². The number of halogens is 3. The molecule has 2 amide bonds. The van der Waals surface area contributed by atoms with Gasteiger partial charge in [-0.2, -0.15) is 0 Å². The third-order valence-corrected chi connectivity index (χ3v) is 8.12. The Morgan fingerprint density at radius 3 is 2.11 bits per heavy atom. The van der Waals surface area contributed by atoms with Crippen LogP contribution in [0.15, 0.2) is 77.7 Å². The third-order valence-electron chi connectivity index (χ3n) is 5.49. The standard InChI is InChI=1S/C25H24Cl3N3O4S/c1-17(25(33)29-2)30(15-18-8-9-20(27)14-23(18)28)24(32)16-31(21-12-10-19(26)11-13-21)36(34,35)22-6-4-3-5-7-22/h3-14,17H,15-16H2,1-2H3,(H,29,33). The molecule has 0 saturated carbocycles. The summed E-state index contributed by atoms with van der Waals surface area (Å²) < 4.78 is 28.2. The summed E-state index contributed by atoms with van der Waals surface area (Å²) in [7, 11) is -2.68. The number of carbonyl (C=O) groups is 2. The van der Waals surface area contributed by atoms with E-state index in [4.69, 9.17) is 34.8 Å². The Balaban J connectivity index is 2.03.